The molecule has 0 saturated heterocycles. The molecule has 0 bridgehead atoms. The fourth-order valence-corrected chi connectivity index (χ4v) is 1.37. The van der Waals surface area contributed by atoms with Crippen LogP contribution < -0.4 is 5.73 Å². The Morgan fingerprint density at radius 2 is 2.31 bits per heavy atom. The van der Waals surface area contributed by atoms with Gasteiger partial charge < -0.3 is 5.73 Å². The predicted octanol–water partition coefficient (Wildman–Crippen LogP) is 1.64. The Morgan fingerprint density at radius 3 is 2.92 bits per heavy atom. The highest BCUT2D eigenvalue weighted by atomic mass is 19.1. The van der Waals surface area contributed by atoms with Gasteiger partial charge in [-0.3, -0.25) is 4.98 Å². The second kappa shape index (κ2) is 3.07. The molecule has 1 fully saturated rings. The van der Waals surface area contributed by atoms with Crippen LogP contribution in [-0.2, 0) is 6.42 Å². The number of hydrogen-bond acceptors (Lipinski definition) is 2. The predicted molar refractivity (Wildman–Crippen MR) is 48.7 cm³/mol. The molecule has 2 nitrogen and oxygen atoms in total. The van der Waals surface area contributed by atoms with E-state index in [9.17, 15) is 4.39 Å². The first-order valence-electron chi connectivity index (χ1n) is 4.57. The molecule has 70 valence electrons. The van der Waals surface area contributed by atoms with E-state index in [1.165, 1.54) is 18.3 Å². The molecule has 0 amide bonds. The van der Waals surface area contributed by atoms with Gasteiger partial charge in [-0.25, -0.2) is 4.39 Å². The van der Waals surface area contributed by atoms with Crippen LogP contribution in [0.15, 0.2) is 18.3 Å². The zero-order valence-electron chi connectivity index (χ0n) is 7.46. The Hall–Kier alpha value is -0.960. The Bertz CT molecular complexity index is 308. The lowest BCUT2D eigenvalue weighted by molar-refractivity contribution is 0.591. The van der Waals surface area contributed by atoms with Crippen LogP contribution in [-0.4, -0.2) is 10.5 Å². The summed E-state index contributed by atoms with van der Waals surface area (Å²) in [6.45, 7) is 0. The average molecular weight is 180 g/mol. The van der Waals surface area contributed by atoms with Gasteiger partial charge in [-0.1, -0.05) is 0 Å². The first kappa shape index (κ1) is 8.63. The monoisotopic (exact) mass is 180 g/mol. The van der Waals surface area contributed by atoms with E-state index in [0.29, 0.717) is 0 Å². The first-order chi connectivity index (χ1) is 6.18. The van der Waals surface area contributed by atoms with Crippen LogP contribution in [0.2, 0.25) is 0 Å². The molecule has 0 unspecified atom stereocenters. The van der Waals surface area contributed by atoms with Crippen LogP contribution in [0.4, 0.5) is 4.39 Å². The number of halogens is 1. The molecule has 1 aliphatic carbocycles. The number of pyridine rings is 1. The zero-order valence-corrected chi connectivity index (χ0v) is 7.46. The summed E-state index contributed by atoms with van der Waals surface area (Å²) in [6, 6.07) is 2.84. The first-order valence-corrected chi connectivity index (χ1v) is 4.57. The molecule has 1 aromatic heterocycles. The van der Waals surface area contributed by atoms with Gasteiger partial charge in [0.1, 0.15) is 5.82 Å². The van der Waals surface area contributed by atoms with Gasteiger partial charge in [0.2, 0.25) is 0 Å². The molecule has 0 radical (unpaired) electrons. The topological polar surface area (TPSA) is 38.9 Å². The van der Waals surface area contributed by atoms with Crippen LogP contribution >= 0.6 is 0 Å². The van der Waals surface area contributed by atoms with Crippen molar-refractivity contribution < 1.29 is 4.39 Å². The molecule has 2 rings (SSSR count). The molecular weight excluding hydrogens is 167 g/mol. The molecule has 0 atom stereocenters. The van der Waals surface area contributed by atoms with Gasteiger partial charge in [0.25, 0.3) is 0 Å². The van der Waals surface area contributed by atoms with Crippen molar-refractivity contribution in [1.29, 1.82) is 0 Å². The summed E-state index contributed by atoms with van der Waals surface area (Å²) in [7, 11) is 0. The van der Waals surface area contributed by atoms with Gasteiger partial charge >= 0.3 is 0 Å². The van der Waals surface area contributed by atoms with Crippen molar-refractivity contribution in [2.75, 3.05) is 0 Å². The minimum Gasteiger partial charge on any atom is -0.325 e. The van der Waals surface area contributed by atoms with Crippen molar-refractivity contribution in [2.45, 2.75) is 31.2 Å². The molecule has 1 heterocycles. The number of rotatable bonds is 3. The maximum atomic E-state index is 12.7. The smallest absolute Gasteiger partial charge is 0.126 e. The van der Waals surface area contributed by atoms with Crippen molar-refractivity contribution in [3.8, 4) is 0 Å². The Balaban J connectivity index is 1.94. The summed E-state index contributed by atoms with van der Waals surface area (Å²) in [4.78, 5) is 4.07. The number of hydrogen-bond donors (Lipinski definition) is 1. The number of nitrogens with two attached hydrogens (primary N) is 1. The average Bonchev–Trinajstić information content (AvgIpc) is 2.82. The summed E-state index contributed by atoms with van der Waals surface area (Å²) in [5.41, 5.74) is 6.75. The highest BCUT2D eigenvalue weighted by Gasteiger charge is 2.37. The lowest BCUT2D eigenvalue weighted by Gasteiger charge is -2.06. The fourth-order valence-electron chi connectivity index (χ4n) is 1.37. The molecule has 1 aliphatic rings. The molecule has 1 aromatic rings. The lowest BCUT2D eigenvalue weighted by atomic mass is 10.1. The van der Waals surface area contributed by atoms with Crippen molar-refractivity contribution in [3.63, 3.8) is 0 Å². The second-order valence-electron chi connectivity index (χ2n) is 3.83. The highest BCUT2D eigenvalue weighted by molar-refractivity contribution is 5.09. The van der Waals surface area contributed by atoms with Crippen LogP contribution in [0.1, 0.15) is 25.0 Å². The van der Waals surface area contributed by atoms with Crippen molar-refractivity contribution in [1.82, 2.24) is 4.98 Å². The number of aromatic nitrogens is 1. The Morgan fingerprint density at radius 1 is 1.54 bits per heavy atom. The van der Waals surface area contributed by atoms with E-state index in [1.54, 1.807) is 0 Å². The van der Waals surface area contributed by atoms with Crippen LogP contribution in [0, 0.1) is 5.82 Å². The van der Waals surface area contributed by atoms with Crippen molar-refractivity contribution in [2.24, 2.45) is 5.73 Å². The number of nitrogens with zero attached hydrogens (tertiary/aromatic N) is 1. The van der Waals surface area contributed by atoms with Crippen molar-refractivity contribution >= 4 is 0 Å². The van der Waals surface area contributed by atoms with Crippen molar-refractivity contribution in [3.05, 3.63) is 29.8 Å². The molecular formula is C10H13FN2. The highest BCUT2D eigenvalue weighted by Crippen LogP contribution is 2.36. The zero-order chi connectivity index (χ0) is 9.31. The maximum absolute atomic E-state index is 12.7. The summed E-state index contributed by atoms with van der Waals surface area (Å²) in [6.07, 6.45) is 5.41. The second-order valence-corrected chi connectivity index (χ2v) is 3.83. The third-order valence-corrected chi connectivity index (χ3v) is 2.55. The van der Waals surface area contributed by atoms with E-state index in [-0.39, 0.29) is 11.4 Å². The van der Waals surface area contributed by atoms with E-state index in [0.717, 1.165) is 31.4 Å². The summed E-state index contributed by atoms with van der Waals surface area (Å²) in [5.74, 6) is -0.216. The minimum atomic E-state index is -0.216. The maximum Gasteiger partial charge on any atom is 0.126 e. The Labute approximate surface area is 77.0 Å². The molecule has 0 aromatic carbocycles. The van der Waals surface area contributed by atoms with Gasteiger partial charge in [-0.2, -0.15) is 0 Å². The normalized spacial score (nSPS) is 18.6. The van der Waals surface area contributed by atoms with E-state index >= 15 is 0 Å². The van der Waals surface area contributed by atoms with Gasteiger partial charge in [0.15, 0.2) is 0 Å². The lowest BCUT2D eigenvalue weighted by Crippen LogP contribution is -2.22. The largest absolute Gasteiger partial charge is 0.325 e. The standard InChI is InChI=1S/C10H13FN2/c11-8-2-6-13-9(7-8)1-3-10(12)4-5-10/h2,6-7H,1,3-5,12H2. The third-order valence-electron chi connectivity index (χ3n) is 2.55. The van der Waals surface area contributed by atoms with Crippen LogP contribution in [0.3, 0.4) is 0 Å². The molecule has 0 aliphatic heterocycles. The van der Waals surface area contributed by atoms with E-state index < -0.39 is 0 Å². The Kier molecular flexibility index (Phi) is 2.04. The molecule has 13 heavy (non-hydrogen) atoms. The van der Waals surface area contributed by atoms with Gasteiger partial charge in [-0.15, -0.1) is 0 Å². The fraction of sp³-hybridized carbons (Fsp3) is 0.500. The summed E-state index contributed by atoms with van der Waals surface area (Å²) >= 11 is 0. The molecule has 1 saturated carbocycles. The van der Waals surface area contributed by atoms with Gasteiger partial charge in [-0.05, 0) is 37.8 Å². The third kappa shape index (κ3) is 2.25. The molecule has 2 N–H and O–H groups in total. The summed E-state index contributed by atoms with van der Waals surface area (Å²) in [5, 5.41) is 0. The van der Waals surface area contributed by atoms with Gasteiger partial charge in [0, 0.05) is 17.4 Å². The molecule has 0 spiro atoms. The molecule has 3 heteroatoms. The van der Waals surface area contributed by atoms with Crippen LogP contribution in [0.5, 0.6) is 0 Å². The number of aryl methyl sites for hydroxylation is 1. The quantitative estimate of drug-likeness (QED) is 0.768. The van der Waals surface area contributed by atoms with E-state index in [1.807, 2.05) is 0 Å². The summed E-state index contributed by atoms with van der Waals surface area (Å²) < 4.78 is 12.7. The van der Waals surface area contributed by atoms with Gasteiger partial charge in [0.05, 0.1) is 0 Å². The van der Waals surface area contributed by atoms with E-state index in [4.69, 9.17) is 5.73 Å². The minimum absolute atomic E-state index is 0.0357. The van der Waals surface area contributed by atoms with Crippen LogP contribution in [0.25, 0.3) is 0 Å². The SMILES string of the molecule is NC1(CCc2cc(F)ccn2)CC1. The van der Waals surface area contributed by atoms with E-state index in [2.05, 4.69) is 4.98 Å².